The van der Waals surface area contributed by atoms with Gasteiger partial charge in [-0.3, -0.25) is 4.79 Å². The van der Waals surface area contributed by atoms with E-state index in [4.69, 9.17) is 29.6 Å². The standard InChI is InChI=1S/C14H10ClIN2OS/c15-10-5-6-12(11(16)7-10)18-14(19)9-3-1-8(2-4-9)13(17)20/h1-7H,(H2,17,20)(H,18,19). The van der Waals surface area contributed by atoms with Gasteiger partial charge in [-0.25, -0.2) is 0 Å². The highest BCUT2D eigenvalue weighted by atomic mass is 127. The molecule has 0 bridgehead atoms. The van der Waals surface area contributed by atoms with Crippen LogP contribution in [-0.4, -0.2) is 10.9 Å². The molecule has 1 amide bonds. The monoisotopic (exact) mass is 416 g/mol. The fraction of sp³-hybridized carbons (Fsp3) is 0. The molecule has 0 fully saturated rings. The minimum atomic E-state index is -0.195. The Morgan fingerprint density at radius 1 is 1.15 bits per heavy atom. The third kappa shape index (κ3) is 3.68. The van der Waals surface area contributed by atoms with Crippen LogP contribution in [0.1, 0.15) is 15.9 Å². The molecule has 2 aromatic carbocycles. The normalized spacial score (nSPS) is 10.1. The summed E-state index contributed by atoms with van der Waals surface area (Å²) in [6.07, 6.45) is 0. The van der Waals surface area contributed by atoms with Crippen molar-refractivity contribution >= 4 is 63.0 Å². The second kappa shape index (κ2) is 6.51. The van der Waals surface area contributed by atoms with Crippen molar-refractivity contribution in [2.24, 2.45) is 5.73 Å². The van der Waals surface area contributed by atoms with E-state index in [-0.39, 0.29) is 5.91 Å². The molecular formula is C14H10ClIN2OS. The van der Waals surface area contributed by atoms with Crippen LogP contribution in [0.15, 0.2) is 42.5 Å². The number of nitrogens with two attached hydrogens (primary N) is 1. The number of thiocarbonyl (C=S) groups is 1. The maximum atomic E-state index is 12.1. The van der Waals surface area contributed by atoms with Crippen LogP contribution in [0.2, 0.25) is 5.02 Å². The van der Waals surface area contributed by atoms with Gasteiger partial charge in [-0.05, 0) is 52.9 Å². The Bertz CT molecular complexity index is 673. The highest BCUT2D eigenvalue weighted by Gasteiger charge is 2.09. The van der Waals surface area contributed by atoms with Gasteiger partial charge in [0.25, 0.3) is 5.91 Å². The lowest BCUT2D eigenvalue weighted by atomic mass is 10.1. The van der Waals surface area contributed by atoms with Gasteiger partial charge in [0.2, 0.25) is 0 Å². The van der Waals surface area contributed by atoms with Gasteiger partial charge in [-0.15, -0.1) is 0 Å². The number of hydrogen-bond donors (Lipinski definition) is 2. The second-order valence-corrected chi connectivity index (χ2v) is 6.06. The molecule has 2 rings (SSSR count). The molecule has 20 heavy (non-hydrogen) atoms. The molecule has 2 aromatic rings. The third-order valence-corrected chi connectivity index (χ3v) is 3.97. The summed E-state index contributed by atoms with van der Waals surface area (Å²) >= 11 is 12.9. The maximum Gasteiger partial charge on any atom is 0.255 e. The average molecular weight is 417 g/mol. The Morgan fingerprint density at radius 2 is 1.75 bits per heavy atom. The fourth-order valence-electron chi connectivity index (χ4n) is 1.57. The van der Waals surface area contributed by atoms with Crippen LogP contribution in [0, 0.1) is 3.57 Å². The van der Waals surface area contributed by atoms with Gasteiger partial charge in [0.1, 0.15) is 4.99 Å². The van der Waals surface area contributed by atoms with Crippen molar-refractivity contribution in [3.63, 3.8) is 0 Å². The summed E-state index contributed by atoms with van der Waals surface area (Å²) in [4.78, 5) is 12.4. The summed E-state index contributed by atoms with van der Waals surface area (Å²) in [7, 11) is 0. The second-order valence-electron chi connectivity index (χ2n) is 4.02. The molecule has 0 radical (unpaired) electrons. The molecule has 0 heterocycles. The number of amides is 1. The van der Waals surface area contributed by atoms with E-state index in [0.717, 1.165) is 14.8 Å². The first-order valence-corrected chi connectivity index (χ1v) is 7.50. The quantitative estimate of drug-likeness (QED) is 0.591. The van der Waals surface area contributed by atoms with Crippen LogP contribution in [0.25, 0.3) is 0 Å². The molecule has 6 heteroatoms. The lowest BCUT2D eigenvalue weighted by Crippen LogP contribution is -2.14. The van der Waals surface area contributed by atoms with Crippen molar-refractivity contribution < 1.29 is 4.79 Å². The molecule has 0 aliphatic heterocycles. The van der Waals surface area contributed by atoms with Crippen LogP contribution in [0.5, 0.6) is 0 Å². The van der Waals surface area contributed by atoms with Crippen molar-refractivity contribution in [1.29, 1.82) is 0 Å². The topological polar surface area (TPSA) is 55.1 Å². The lowest BCUT2D eigenvalue weighted by molar-refractivity contribution is 0.102. The Balaban J connectivity index is 2.17. The minimum absolute atomic E-state index is 0.195. The smallest absolute Gasteiger partial charge is 0.255 e. The molecule has 0 aromatic heterocycles. The number of anilines is 1. The molecule has 102 valence electrons. The molecule has 3 nitrogen and oxygen atoms in total. The van der Waals surface area contributed by atoms with E-state index in [0.29, 0.717) is 15.6 Å². The summed E-state index contributed by atoms with van der Waals surface area (Å²) in [6.45, 7) is 0. The summed E-state index contributed by atoms with van der Waals surface area (Å²) < 4.78 is 0.878. The number of benzene rings is 2. The number of halogens is 2. The van der Waals surface area contributed by atoms with Gasteiger partial charge in [0, 0.05) is 19.7 Å². The molecule has 0 unspecified atom stereocenters. The van der Waals surface area contributed by atoms with Crippen molar-refractivity contribution in [2.75, 3.05) is 5.32 Å². The van der Waals surface area contributed by atoms with Crippen LogP contribution in [-0.2, 0) is 0 Å². The van der Waals surface area contributed by atoms with E-state index in [1.807, 2.05) is 0 Å². The van der Waals surface area contributed by atoms with E-state index in [1.165, 1.54) is 0 Å². The summed E-state index contributed by atoms with van der Waals surface area (Å²) in [5.74, 6) is -0.195. The highest BCUT2D eigenvalue weighted by Crippen LogP contribution is 2.22. The van der Waals surface area contributed by atoms with Gasteiger partial charge >= 0.3 is 0 Å². The number of nitrogens with one attached hydrogen (secondary N) is 1. The summed E-state index contributed by atoms with van der Waals surface area (Å²) in [5, 5.41) is 3.47. The minimum Gasteiger partial charge on any atom is -0.389 e. The molecule has 0 aliphatic rings. The lowest BCUT2D eigenvalue weighted by Gasteiger charge is -2.08. The Kier molecular flexibility index (Phi) is 4.95. The highest BCUT2D eigenvalue weighted by molar-refractivity contribution is 14.1. The Morgan fingerprint density at radius 3 is 2.30 bits per heavy atom. The fourth-order valence-corrected chi connectivity index (χ4v) is 2.71. The van der Waals surface area contributed by atoms with E-state index < -0.39 is 0 Å². The van der Waals surface area contributed by atoms with Gasteiger partial charge in [-0.1, -0.05) is 36.0 Å². The van der Waals surface area contributed by atoms with Gasteiger partial charge < -0.3 is 11.1 Å². The van der Waals surface area contributed by atoms with Gasteiger partial charge in [0.15, 0.2) is 0 Å². The van der Waals surface area contributed by atoms with Crippen molar-refractivity contribution in [3.05, 3.63) is 62.2 Å². The zero-order valence-electron chi connectivity index (χ0n) is 10.2. The van der Waals surface area contributed by atoms with E-state index in [2.05, 4.69) is 27.9 Å². The predicted molar refractivity (Wildman–Crippen MR) is 94.5 cm³/mol. The zero-order valence-corrected chi connectivity index (χ0v) is 13.9. The molecule has 0 atom stereocenters. The van der Waals surface area contributed by atoms with Gasteiger partial charge in [0.05, 0.1) is 5.69 Å². The first kappa shape index (κ1) is 15.2. The molecule has 3 N–H and O–H groups in total. The molecule has 0 spiro atoms. The number of rotatable bonds is 3. The summed E-state index contributed by atoms with van der Waals surface area (Å²) in [5.41, 5.74) is 7.51. The van der Waals surface area contributed by atoms with E-state index in [1.54, 1.807) is 42.5 Å². The van der Waals surface area contributed by atoms with E-state index >= 15 is 0 Å². The van der Waals surface area contributed by atoms with Crippen LogP contribution < -0.4 is 11.1 Å². The number of hydrogen-bond acceptors (Lipinski definition) is 2. The van der Waals surface area contributed by atoms with Crippen LogP contribution in [0.3, 0.4) is 0 Å². The van der Waals surface area contributed by atoms with Crippen molar-refractivity contribution in [3.8, 4) is 0 Å². The first-order valence-electron chi connectivity index (χ1n) is 5.63. The third-order valence-electron chi connectivity index (χ3n) is 2.61. The molecule has 0 saturated heterocycles. The first-order chi connectivity index (χ1) is 9.47. The largest absolute Gasteiger partial charge is 0.389 e. The molecule has 0 saturated carbocycles. The molecule has 0 aliphatic carbocycles. The van der Waals surface area contributed by atoms with Crippen LogP contribution >= 0.6 is 46.4 Å². The maximum absolute atomic E-state index is 12.1. The van der Waals surface area contributed by atoms with Gasteiger partial charge in [-0.2, -0.15) is 0 Å². The number of carbonyl (C=O) groups is 1. The average Bonchev–Trinajstić information content (AvgIpc) is 2.42. The van der Waals surface area contributed by atoms with E-state index in [9.17, 15) is 4.79 Å². The predicted octanol–water partition coefficient (Wildman–Crippen LogP) is 3.83. The molecular weight excluding hydrogens is 407 g/mol. The summed E-state index contributed by atoms with van der Waals surface area (Å²) in [6, 6.07) is 12.1. The SMILES string of the molecule is NC(=S)c1ccc(C(=O)Nc2ccc(Cl)cc2I)cc1. The number of carbonyl (C=O) groups excluding carboxylic acids is 1. The Labute approximate surface area is 140 Å². The van der Waals surface area contributed by atoms with Crippen molar-refractivity contribution in [2.45, 2.75) is 0 Å². The Hall–Kier alpha value is -1.18. The zero-order chi connectivity index (χ0) is 14.7. The van der Waals surface area contributed by atoms with Crippen molar-refractivity contribution in [1.82, 2.24) is 0 Å². The van der Waals surface area contributed by atoms with Crippen LogP contribution in [0.4, 0.5) is 5.69 Å².